The fourth-order valence-electron chi connectivity index (χ4n) is 2.54. The Balaban J connectivity index is 1.99. The molecule has 0 fully saturated rings. The lowest BCUT2D eigenvalue weighted by Crippen LogP contribution is -2.28. The molecule has 19 heavy (non-hydrogen) atoms. The monoisotopic (exact) mass is 258 g/mol. The Morgan fingerprint density at radius 1 is 1.32 bits per heavy atom. The van der Waals surface area contributed by atoms with Crippen molar-refractivity contribution in [3.8, 4) is 5.75 Å². The van der Waals surface area contributed by atoms with E-state index in [0.29, 0.717) is 6.61 Å². The third kappa shape index (κ3) is 2.01. The molecule has 5 nitrogen and oxygen atoms in total. The number of hydrogen-bond donors (Lipinski definition) is 1. The van der Waals surface area contributed by atoms with Gasteiger partial charge in [0.15, 0.2) is 5.82 Å². The normalized spacial score (nSPS) is 14.7. The first kappa shape index (κ1) is 11.9. The van der Waals surface area contributed by atoms with Gasteiger partial charge in [-0.05, 0) is 13.0 Å². The fraction of sp³-hybridized carbons (Fsp3) is 0.357. The molecule has 0 aliphatic carbocycles. The summed E-state index contributed by atoms with van der Waals surface area (Å²) in [6.45, 7) is 4.18. The van der Waals surface area contributed by atoms with Crippen molar-refractivity contribution in [3.05, 3.63) is 35.5 Å². The van der Waals surface area contributed by atoms with Gasteiger partial charge in [0.1, 0.15) is 12.4 Å². The van der Waals surface area contributed by atoms with Gasteiger partial charge in [-0.25, -0.2) is 0 Å². The molecule has 0 saturated heterocycles. The van der Waals surface area contributed by atoms with Crippen LogP contribution in [0.15, 0.2) is 24.3 Å². The van der Waals surface area contributed by atoms with Crippen molar-refractivity contribution >= 4 is 11.5 Å². The van der Waals surface area contributed by atoms with Gasteiger partial charge in [0.05, 0.1) is 17.9 Å². The molecule has 0 atom stereocenters. The van der Waals surface area contributed by atoms with Crippen LogP contribution in [0.25, 0.3) is 0 Å². The first-order chi connectivity index (χ1) is 9.16. The number of anilines is 2. The van der Waals surface area contributed by atoms with Crippen molar-refractivity contribution in [1.82, 2.24) is 9.78 Å². The van der Waals surface area contributed by atoms with E-state index in [1.807, 2.05) is 36.9 Å². The van der Waals surface area contributed by atoms with Gasteiger partial charge in [0.25, 0.3) is 0 Å². The molecule has 100 valence electrons. The maximum absolute atomic E-state index is 6.14. The predicted octanol–water partition coefficient (Wildman–Crippen LogP) is 1.71. The molecule has 0 spiro atoms. The Morgan fingerprint density at radius 3 is 2.84 bits per heavy atom. The number of aromatic nitrogens is 2. The lowest BCUT2D eigenvalue weighted by Gasteiger charge is -2.22. The SMILES string of the molecule is Cc1nn(C)c(N2CCOc3ccccc3C2)c1N. The molecule has 0 saturated carbocycles. The van der Waals surface area contributed by atoms with E-state index in [1.165, 1.54) is 5.56 Å². The van der Waals surface area contributed by atoms with Crippen molar-refractivity contribution in [2.45, 2.75) is 13.5 Å². The first-order valence-electron chi connectivity index (χ1n) is 6.41. The molecule has 1 aromatic heterocycles. The number of nitrogens with two attached hydrogens (primary N) is 1. The molecule has 2 aromatic rings. The second-order valence-corrected chi connectivity index (χ2v) is 4.82. The van der Waals surface area contributed by atoms with Crippen LogP contribution in [0.3, 0.4) is 0 Å². The van der Waals surface area contributed by atoms with E-state index in [0.717, 1.165) is 36.0 Å². The summed E-state index contributed by atoms with van der Waals surface area (Å²) in [5.41, 5.74) is 8.94. The van der Waals surface area contributed by atoms with Crippen molar-refractivity contribution in [3.63, 3.8) is 0 Å². The Hall–Kier alpha value is -2.17. The molecule has 0 amide bonds. The van der Waals surface area contributed by atoms with Crippen molar-refractivity contribution in [2.75, 3.05) is 23.8 Å². The third-order valence-corrected chi connectivity index (χ3v) is 3.49. The number of para-hydroxylation sites is 1. The maximum Gasteiger partial charge on any atom is 0.150 e. The molecule has 5 heteroatoms. The zero-order chi connectivity index (χ0) is 13.4. The molecule has 1 aromatic carbocycles. The van der Waals surface area contributed by atoms with Gasteiger partial charge >= 0.3 is 0 Å². The summed E-state index contributed by atoms with van der Waals surface area (Å²) in [5, 5.41) is 4.38. The predicted molar refractivity (Wildman–Crippen MR) is 75.3 cm³/mol. The highest BCUT2D eigenvalue weighted by Gasteiger charge is 2.21. The Bertz CT molecular complexity index is 605. The number of benzene rings is 1. The minimum atomic E-state index is 0.653. The second-order valence-electron chi connectivity index (χ2n) is 4.82. The average Bonchev–Trinajstić information content (AvgIpc) is 2.56. The van der Waals surface area contributed by atoms with Gasteiger partial charge < -0.3 is 15.4 Å². The molecule has 0 radical (unpaired) electrons. The lowest BCUT2D eigenvalue weighted by atomic mass is 10.2. The van der Waals surface area contributed by atoms with E-state index in [9.17, 15) is 0 Å². The first-order valence-corrected chi connectivity index (χ1v) is 6.41. The van der Waals surface area contributed by atoms with E-state index in [-0.39, 0.29) is 0 Å². The summed E-state index contributed by atoms with van der Waals surface area (Å²) >= 11 is 0. The summed E-state index contributed by atoms with van der Waals surface area (Å²) in [6, 6.07) is 8.13. The van der Waals surface area contributed by atoms with Crippen LogP contribution in [0.2, 0.25) is 0 Å². The van der Waals surface area contributed by atoms with E-state index in [1.54, 1.807) is 0 Å². The molecule has 1 aliphatic heterocycles. The molecular formula is C14H18N4O. The molecule has 0 unspecified atom stereocenters. The second kappa shape index (κ2) is 4.50. The molecule has 0 bridgehead atoms. The number of rotatable bonds is 1. The van der Waals surface area contributed by atoms with Crippen molar-refractivity contribution < 1.29 is 4.74 Å². The van der Waals surface area contributed by atoms with Crippen LogP contribution in [0.4, 0.5) is 11.5 Å². The largest absolute Gasteiger partial charge is 0.491 e. The Labute approximate surface area is 112 Å². The van der Waals surface area contributed by atoms with E-state index in [2.05, 4.69) is 16.1 Å². The number of ether oxygens (including phenoxy) is 1. The minimum absolute atomic E-state index is 0.653. The van der Waals surface area contributed by atoms with Crippen LogP contribution >= 0.6 is 0 Å². The highest BCUT2D eigenvalue weighted by molar-refractivity contribution is 5.66. The maximum atomic E-state index is 6.14. The van der Waals surface area contributed by atoms with E-state index in [4.69, 9.17) is 10.5 Å². The average molecular weight is 258 g/mol. The summed E-state index contributed by atoms with van der Waals surface area (Å²) in [6.07, 6.45) is 0. The van der Waals surface area contributed by atoms with E-state index >= 15 is 0 Å². The lowest BCUT2D eigenvalue weighted by molar-refractivity contribution is 0.331. The number of aryl methyl sites for hydroxylation is 2. The van der Waals surface area contributed by atoms with Gasteiger partial charge in [-0.2, -0.15) is 5.10 Å². The number of fused-ring (bicyclic) bond motifs is 1. The van der Waals surface area contributed by atoms with Crippen LogP contribution in [0, 0.1) is 6.92 Å². The van der Waals surface area contributed by atoms with Crippen LogP contribution in [0.5, 0.6) is 5.75 Å². The number of nitrogens with zero attached hydrogens (tertiary/aromatic N) is 3. The minimum Gasteiger partial charge on any atom is -0.491 e. The fourth-order valence-corrected chi connectivity index (χ4v) is 2.54. The van der Waals surface area contributed by atoms with Crippen molar-refractivity contribution in [1.29, 1.82) is 0 Å². The smallest absolute Gasteiger partial charge is 0.150 e. The Morgan fingerprint density at radius 2 is 2.11 bits per heavy atom. The van der Waals surface area contributed by atoms with Crippen LogP contribution in [0.1, 0.15) is 11.3 Å². The molecule has 1 aliphatic rings. The van der Waals surface area contributed by atoms with Gasteiger partial charge in [-0.1, -0.05) is 18.2 Å². The quantitative estimate of drug-likeness (QED) is 0.846. The standard InChI is InChI=1S/C14H18N4O/c1-10-13(15)14(17(2)16-10)18-7-8-19-12-6-4-3-5-11(12)9-18/h3-6H,7-9,15H2,1-2H3. The van der Waals surface area contributed by atoms with Crippen LogP contribution in [-0.4, -0.2) is 22.9 Å². The van der Waals surface area contributed by atoms with Gasteiger partial charge in [-0.15, -0.1) is 0 Å². The van der Waals surface area contributed by atoms with Gasteiger partial charge in [-0.3, -0.25) is 4.68 Å². The van der Waals surface area contributed by atoms with E-state index < -0.39 is 0 Å². The zero-order valence-corrected chi connectivity index (χ0v) is 11.3. The molecule has 2 heterocycles. The summed E-state index contributed by atoms with van der Waals surface area (Å²) in [4.78, 5) is 2.22. The van der Waals surface area contributed by atoms with Crippen LogP contribution in [-0.2, 0) is 13.6 Å². The molecule has 2 N–H and O–H groups in total. The van der Waals surface area contributed by atoms with Crippen molar-refractivity contribution in [2.24, 2.45) is 7.05 Å². The highest BCUT2D eigenvalue weighted by Crippen LogP contribution is 2.30. The molecule has 3 rings (SSSR count). The van der Waals surface area contributed by atoms with Crippen LogP contribution < -0.4 is 15.4 Å². The zero-order valence-electron chi connectivity index (χ0n) is 11.3. The summed E-state index contributed by atoms with van der Waals surface area (Å²) in [7, 11) is 1.93. The summed E-state index contributed by atoms with van der Waals surface area (Å²) < 4.78 is 7.62. The highest BCUT2D eigenvalue weighted by atomic mass is 16.5. The van der Waals surface area contributed by atoms with Gasteiger partial charge in [0, 0.05) is 19.2 Å². The number of hydrogen-bond acceptors (Lipinski definition) is 4. The topological polar surface area (TPSA) is 56.3 Å². The number of nitrogen functional groups attached to an aromatic ring is 1. The Kier molecular flexibility index (Phi) is 2.81. The van der Waals surface area contributed by atoms with Gasteiger partial charge in [0.2, 0.25) is 0 Å². The summed E-state index contributed by atoms with van der Waals surface area (Å²) in [5.74, 6) is 1.93. The molecular weight excluding hydrogens is 240 g/mol. The third-order valence-electron chi connectivity index (χ3n) is 3.49.